The van der Waals surface area contributed by atoms with Gasteiger partial charge in [-0.25, -0.2) is 0 Å². The van der Waals surface area contributed by atoms with E-state index in [1.807, 2.05) is 19.9 Å². The quantitative estimate of drug-likeness (QED) is 0.0905. The predicted octanol–water partition coefficient (Wildman–Crippen LogP) is 8.60. The van der Waals surface area contributed by atoms with E-state index < -0.39 is 22.4 Å². The van der Waals surface area contributed by atoms with E-state index in [2.05, 4.69) is 62.0 Å². The standard InChI is InChI=1S/C30H60O5Si2/c1-12-29(10,34-36(13-2,14-3)15-4)21-19-26-27(32-26)20-22-30(11,35-37(16-5,17-6)18-7)23-25-24-31-28(8,9)33-25/h12,25-27H,1,13-24H2,2-11H3/t25-,26+,27+,29+,30+/m1/s1. The highest BCUT2D eigenvalue weighted by molar-refractivity contribution is 6.74. The molecule has 0 spiro atoms. The molecule has 0 bridgehead atoms. The van der Waals surface area contributed by atoms with Crippen LogP contribution in [0.15, 0.2) is 12.7 Å². The molecule has 7 heteroatoms. The van der Waals surface area contributed by atoms with Gasteiger partial charge >= 0.3 is 0 Å². The van der Waals surface area contributed by atoms with Crippen molar-refractivity contribution in [2.24, 2.45) is 0 Å². The summed E-state index contributed by atoms with van der Waals surface area (Å²) in [6, 6.07) is 6.96. The van der Waals surface area contributed by atoms with Crippen LogP contribution < -0.4 is 0 Å². The third kappa shape index (κ3) is 9.26. The minimum Gasteiger partial charge on any atom is -0.412 e. The van der Waals surface area contributed by atoms with Gasteiger partial charge < -0.3 is 23.1 Å². The van der Waals surface area contributed by atoms with E-state index in [1.165, 1.54) is 0 Å². The molecule has 2 rings (SSSR count). The molecule has 37 heavy (non-hydrogen) atoms. The summed E-state index contributed by atoms with van der Waals surface area (Å²) >= 11 is 0. The Kier molecular flexibility index (Phi) is 12.2. The molecule has 0 aromatic rings. The maximum atomic E-state index is 7.16. The Labute approximate surface area is 231 Å². The van der Waals surface area contributed by atoms with Crippen LogP contribution in [0.5, 0.6) is 0 Å². The minimum atomic E-state index is -1.77. The summed E-state index contributed by atoms with van der Waals surface area (Å²) in [6.45, 7) is 27.1. The first-order valence-corrected chi connectivity index (χ1v) is 20.4. The molecule has 0 aliphatic carbocycles. The summed E-state index contributed by atoms with van der Waals surface area (Å²) in [7, 11) is -3.46. The second kappa shape index (κ2) is 13.6. The zero-order chi connectivity index (χ0) is 28.0. The van der Waals surface area contributed by atoms with Crippen molar-refractivity contribution in [3.8, 4) is 0 Å². The van der Waals surface area contributed by atoms with Gasteiger partial charge in [-0.2, -0.15) is 0 Å². The summed E-state index contributed by atoms with van der Waals surface area (Å²) in [6.07, 6.45) is 7.66. The first kappa shape index (κ1) is 33.2. The molecule has 0 saturated carbocycles. The summed E-state index contributed by atoms with van der Waals surface area (Å²) < 4.78 is 32.3. The topological polar surface area (TPSA) is 49.5 Å². The smallest absolute Gasteiger partial charge is 0.193 e. The summed E-state index contributed by atoms with van der Waals surface area (Å²) in [5.74, 6) is -0.501. The molecule has 2 aliphatic rings. The highest BCUT2D eigenvalue weighted by atomic mass is 28.4. The number of epoxide rings is 1. The molecule has 2 saturated heterocycles. The van der Waals surface area contributed by atoms with Crippen molar-refractivity contribution >= 4 is 16.6 Å². The second-order valence-electron chi connectivity index (χ2n) is 12.6. The molecule has 0 radical (unpaired) electrons. The highest BCUT2D eigenvalue weighted by Crippen LogP contribution is 2.41. The van der Waals surface area contributed by atoms with E-state index in [9.17, 15) is 0 Å². The molecular formula is C30H60O5Si2. The lowest BCUT2D eigenvalue weighted by atomic mass is 9.91. The Bertz CT molecular complexity index is 692. The molecule has 0 amide bonds. The largest absolute Gasteiger partial charge is 0.412 e. The minimum absolute atomic E-state index is 0.0822. The van der Waals surface area contributed by atoms with E-state index in [0.29, 0.717) is 18.8 Å². The summed E-state index contributed by atoms with van der Waals surface area (Å²) in [5.41, 5.74) is -0.476. The predicted molar refractivity (Wildman–Crippen MR) is 160 cm³/mol. The molecule has 2 fully saturated rings. The molecule has 0 aromatic heterocycles. The van der Waals surface area contributed by atoms with Crippen LogP contribution in [-0.4, -0.2) is 58.5 Å². The van der Waals surface area contributed by atoms with Gasteiger partial charge in [-0.15, -0.1) is 6.58 Å². The first-order chi connectivity index (χ1) is 17.3. The van der Waals surface area contributed by atoms with E-state index >= 15 is 0 Å². The number of ether oxygens (including phenoxy) is 3. The van der Waals surface area contributed by atoms with Gasteiger partial charge in [0.05, 0.1) is 36.1 Å². The molecule has 218 valence electrons. The van der Waals surface area contributed by atoms with Crippen molar-refractivity contribution in [1.29, 1.82) is 0 Å². The van der Waals surface area contributed by atoms with Gasteiger partial charge in [-0.05, 0) is 89.6 Å². The molecule has 2 heterocycles. The Morgan fingerprint density at radius 1 is 0.838 bits per heavy atom. The van der Waals surface area contributed by atoms with Gasteiger partial charge in [-0.1, -0.05) is 47.6 Å². The zero-order valence-corrected chi connectivity index (χ0v) is 28.0. The Morgan fingerprint density at radius 3 is 1.76 bits per heavy atom. The van der Waals surface area contributed by atoms with Crippen molar-refractivity contribution in [2.75, 3.05) is 6.61 Å². The summed E-state index contributed by atoms with van der Waals surface area (Å²) in [4.78, 5) is 0. The highest BCUT2D eigenvalue weighted by Gasteiger charge is 2.46. The third-order valence-electron chi connectivity index (χ3n) is 9.51. The molecular weight excluding hydrogens is 496 g/mol. The van der Waals surface area contributed by atoms with Crippen molar-refractivity contribution in [2.45, 2.75) is 173 Å². The lowest BCUT2D eigenvalue weighted by Gasteiger charge is -2.41. The molecule has 0 N–H and O–H groups in total. The van der Waals surface area contributed by atoms with Crippen molar-refractivity contribution in [1.82, 2.24) is 0 Å². The van der Waals surface area contributed by atoms with Crippen molar-refractivity contribution in [3.05, 3.63) is 12.7 Å². The van der Waals surface area contributed by atoms with Crippen LogP contribution in [-0.2, 0) is 23.1 Å². The molecule has 2 aliphatic heterocycles. The second-order valence-corrected chi connectivity index (χ2v) is 22.0. The lowest BCUT2D eigenvalue weighted by molar-refractivity contribution is -0.144. The Balaban J connectivity index is 1.98. The van der Waals surface area contributed by atoms with E-state index in [-0.39, 0.29) is 17.3 Å². The molecule has 5 atom stereocenters. The third-order valence-corrected chi connectivity index (χ3v) is 19.1. The van der Waals surface area contributed by atoms with Gasteiger partial charge in [0.25, 0.3) is 0 Å². The maximum absolute atomic E-state index is 7.16. The SMILES string of the molecule is C=C[C@@](C)(CC[C@@H]1O[C@H]1CC[C@@](C)(C[C@@H]1COC(C)(C)O1)O[Si](CC)(CC)CC)O[Si](CC)(CC)CC. The van der Waals surface area contributed by atoms with Crippen LogP contribution in [0, 0.1) is 0 Å². The fourth-order valence-corrected chi connectivity index (χ4v) is 12.5. The normalized spacial score (nSPS) is 27.0. The van der Waals surface area contributed by atoms with E-state index in [4.69, 9.17) is 23.1 Å². The Morgan fingerprint density at radius 2 is 1.32 bits per heavy atom. The van der Waals surface area contributed by atoms with Crippen LogP contribution in [0.3, 0.4) is 0 Å². The van der Waals surface area contributed by atoms with E-state index in [0.717, 1.165) is 68.4 Å². The Hall–Kier alpha value is -0.0262. The average molecular weight is 557 g/mol. The maximum Gasteiger partial charge on any atom is 0.193 e. The van der Waals surface area contributed by atoms with Gasteiger partial charge in [0.2, 0.25) is 0 Å². The number of rotatable bonds is 19. The van der Waals surface area contributed by atoms with Crippen LogP contribution in [0.4, 0.5) is 0 Å². The molecule has 5 nitrogen and oxygen atoms in total. The van der Waals surface area contributed by atoms with Crippen molar-refractivity contribution < 1.29 is 23.1 Å². The average Bonchev–Trinajstić information content (AvgIpc) is 3.57. The summed E-state index contributed by atoms with van der Waals surface area (Å²) in [5, 5.41) is 0. The first-order valence-electron chi connectivity index (χ1n) is 15.3. The number of hydrogen-bond donors (Lipinski definition) is 0. The fraction of sp³-hybridized carbons (Fsp3) is 0.933. The van der Waals surface area contributed by atoms with Gasteiger partial charge in [0.1, 0.15) is 0 Å². The van der Waals surface area contributed by atoms with Gasteiger partial charge in [-0.3, -0.25) is 0 Å². The van der Waals surface area contributed by atoms with Gasteiger partial charge in [0.15, 0.2) is 22.4 Å². The molecule has 0 aromatic carbocycles. The van der Waals surface area contributed by atoms with Crippen LogP contribution in [0.25, 0.3) is 0 Å². The van der Waals surface area contributed by atoms with Crippen LogP contribution >= 0.6 is 0 Å². The van der Waals surface area contributed by atoms with Crippen molar-refractivity contribution in [3.63, 3.8) is 0 Å². The fourth-order valence-electron chi connectivity index (χ4n) is 6.25. The van der Waals surface area contributed by atoms with E-state index in [1.54, 1.807) is 0 Å². The number of hydrogen-bond acceptors (Lipinski definition) is 5. The zero-order valence-electron chi connectivity index (χ0n) is 26.0. The lowest BCUT2D eigenvalue weighted by Crippen LogP contribution is -2.47. The van der Waals surface area contributed by atoms with Gasteiger partial charge in [0, 0.05) is 6.42 Å². The van der Waals surface area contributed by atoms with Crippen LogP contribution in [0.2, 0.25) is 36.3 Å². The van der Waals surface area contributed by atoms with Crippen LogP contribution in [0.1, 0.15) is 101 Å². The molecule has 0 unspecified atom stereocenters. The monoisotopic (exact) mass is 556 g/mol.